The highest BCUT2D eigenvalue weighted by Crippen LogP contribution is 2.51. The van der Waals surface area contributed by atoms with Crippen LogP contribution in [0.2, 0.25) is 0 Å². The van der Waals surface area contributed by atoms with E-state index in [-0.39, 0.29) is 17.0 Å². The molecule has 2 aliphatic carbocycles. The standard InChI is InChI=1S/C19H25NO2/c1-20(2)14-18(15-6-4-3-5-7-15)10-12-19(13-11-18)16(21)8-9-17(19)22/h3-7H,8-14H2,1-2H3. The zero-order valence-electron chi connectivity index (χ0n) is 13.6. The Bertz CT molecular complexity index is 550. The average Bonchev–Trinajstić information content (AvgIpc) is 2.79. The largest absolute Gasteiger partial charge is 0.309 e. The molecule has 3 rings (SSSR count). The van der Waals surface area contributed by atoms with Gasteiger partial charge in [0.15, 0.2) is 0 Å². The van der Waals surface area contributed by atoms with Gasteiger partial charge < -0.3 is 4.90 Å². The molecular weight excluding hydrogens is 274 g/mol. The van der Waals surface area contributed by atoms with Crippen molar-refractivity contribution in [1.82, 2.24) is 4.90 Å². The molecule has 22 heavy (non-hydrogen) atoms. The first-order chi connectivity index (χ1) is 10.5. The van der Waals surface area contributed by atoms with Gasteiger partial charge in [-0.2, -0.15) is 0 Å². The summed E-state index contributed by atoms with van der Waals surface area (Å²) in [5.74, 6) is 0.396. The zero-order chi connectivity index (χ0) is 15.8. The lowest BCUT2D eigenvalue weighted by molar-refractivity contribution is -0.138. The number of carbonyl (C=O) groups is 2. The van der Waals surface area contributed by atoms with Crippen molar-refractivity contribution >= 4 is 11.6 Å². The second-order valence-corrected chi connectivity index (χ2v) is 7.31. The van der Waals surface area contributed by atoms with Crippen LogP contribution in [-0.4, -0.2) is 37.1 Å². The summed E-state index contributed by atoms with van der Waals surface area (Å²) in [4.78, 5) is 26.8. The average molecular weight is 299 g/mol. The summed E-state index contributed by atoms with van der Waals surface area (Å²) in [7, 11) is 4.20. The Morgan fingerprint density at radius 2 is 1.45 bits per heavy atom. The molecule has 0 heterocycles. The van der Waals surface area contributed by atoms with Gasteiger partial charge in [-0.3, -0.25) is 9.59 Å². The fourth-order valence-corrected chi connectivity index (χ4v) is 4.51. The quantitative estimate of drug-likeness (QED) is 0.805. The van der Waals surface area contributed by atoms with Crippen LogP contribution < -0.4 is 0 Å². The van der Waals surface area contributed by atoms with E-state index in [2.05, 4.69) is 43.3 Å². The molecule has 0 radical (unpaired) electrons. The van der Waals surface area contributed by atoms with E-state index >= 15 is 0 Å². The van der Waals surface area contributed by atoms with Crippen molar-refractivity contribution in [2.75, 3.05) is 20.6 Å². The van der Waals surface area contributed by atoms with Crippen molar-refractivity contribution in [3.63, 3.8) is 0 Å². The van der Waals surface area contributed by atoms with E-state index in [1.54, 1.807) is 0 Å². The third kappa shape index (κ3) is 2.41. The number of Topliss-reactive ketones (excluding diaryl/α,β-unsaturated/α-hetero) is 2. The summed E-state index contributed by atoms with van der Waals surface area (Å²) in [6, 6.07) is 10.6. The van der Waals surface area contributed by atoms with Crippen LogP contribution in [0, 0.1) is 5.41 Å². The van der Waals surface area contributed by atoms with Crippen LogP contribution in [-0.2, 0) is 15.0 Å². The highest BCUT2D eigenvalue weighted by Gasteiger charge is 2.54. The molecule has 0 aromatic heterocycles. The van der Waals surface area contributed by atoms with Gasteiger partial charge in [0, 0.05) is 24.8 Å². The minimum Gasteiger partial charge on any atom is -0.309 e. The molecule has 0 unspecified atom stereocenters. The third-order valence-electron chi connectivity index (χ3n) is 5.71. The van der Waals surface area contributed by atoms with Gasteiger partial charge in [0.1, 0.15) is 11.6 Å². The molecule has 118 valence electrons. The van der Waals surface area contributed by atoms with Crippen LogP contribution in [0.3, 0.4) is 0 Å². The lowest BCUT2D eigenvalue weighted by Crippen LogP contribution is -2.47. The summed E-state index contributed by atoms with van der Waals surface area (Å²) in [5.41, 5.74) is 0.778. The molecule has 2 aliphatic rings. The van der Waals surface area contributed by atoms with Crippen LogP contribution >= 0.6 is 0 Å². The van der Waals surface area contributed by atoms with Crippen molar-refractivity contribution in [2.45, 2.75) is 43.9 Å². The van der Waals surface area contributed by atoms with E-state index in [4.69, 9.17) is 0 Å². The summed E-state index contributed by atoms with van der Waals surface area (Å²) < 4.78 is 0. The number of likely N-dealkylation sites (N-methyl/N-ethyl adjacent to an activating group) is 1. The maximum Gasteiger partial charge on any atom is 0.146 e. The van der Waals surface area contributed by atoms with Crippen LogP contribution in [0.4, 0.5) is 0 Å². The number of ketones is 2. The minimum atomic E-state index is -0.634. The molecule has 0 saturated heterocycles. The van der Waals surface area contributed by atoms with E-state index in [0.29, 0.717) is 12.8 Å². The molecule has 0 amide bonds. The zero-order valence-corrected chi connectivity index (χ0v) is 13.6. The number of hydrogen-bond acceptors (Lipinski definition) is 3. The van der Waals surface area contributed by atoms with E-state index in [0.717, 1.165) is 32.2 Å². The highest BCUT2D eigenvalue weighted by atomic mass is 16.2. The molecule has 1 aromatic rings. The Kier molecular flexibility index (Phi) is 3.94. The van der Waals surface area contributed by atoms with E-state index in [1.807, 2.05) is 6.07 Å². The van der Waals surface area contributed by atoms with Crippen LogP contribution in [0.25, 0.3) is 0 Å². The lowest BCUT2D eigenvalue weighted by Gasteiger charge is -2.45. The van der Waals surface area contributed by atoms with Crippen LogP contribution in [0.15, 0.2) is 30.3 Å². The summed E-state index contributed by atoms with van der Waals surface area (Å²) in [6.07, 6.45) is 4.23. The van der Waals surface area contributed by atoms with Gasteiger partial charge in [-0.25, -0.2) is 0 Å². The van der Waals surface area contributed by atoms with Gasteiger partial charge in [-0.1, -0.05) is 30.3 Å². The van der Waals surface area contributed by atoms with Crippen molar-refractivity contribution in [3.8, 4) is 0 Å². The molecule has 3 nitrogen and oxygen atoms in total. The van der Waals surface area contributed by atoms with Crippen LogP contribution in [0.5, 0.6) is 0 Å². The predicted molar refractivity (Wildman–Crippen MR) is 86.8 cm³/mol. The second-order valence-electron chi connectivity index (χ2n) is 7.31. The molecule has 0 atom stereocenters. The summed E-state index contributed by atoms with van der Waals surface area (Å²) >= 11 is 0. The maximum absolute atomic E-state index is 12.3. The lowest BCUT2D eigenvalue weighted by atomic mass is 9.60. The SMILES string of the molecule is CN(C)CC1(c2ccccc2)CCC2(CC1)C(=O)CCC2=O. The van der Waals surface area contributed by atoms with Crippen molar-refractivity contribution in [2.24, 2.45) is 5.41 Å². The Hall–Kier alpha value is -1.48. The molecule has 1 spiro atoms. The van der Waals surface area contributed by atoms with Crippen LogP contribution in [0.1, 0.15) is 44.1 Å². The summed E-state index contributed by atoms with van der Waals surface area (Å²) in [6.45, 7) is 0.968. The first kappa shape index (κ1) is 15.4. The number of benzene rings is 1. The Labute approximate surface area is 132 Å². The van der Waals surface area contributed by atoms with Gasteiger partial charge >= 0.3 is 0 Å². The van der Waals surface area contributed by atoms with Gasteiger partial charge in [-0.05, 0) is 45.3 Å². The minimum absolute atomic E-state index is 0.0686. The first-order valence-corrected chi connectivity index (χ1v) is 8.25. The van der Waals surface area contributed by atoms with Crippen molar-refractivity contribution in [1.29, 1.82) is 0 Å². The maximum atomic E-state index is 12.3. The molecule has 0 bridgehead atoms. The van der Waals surface area contributed by atoms with E-state index in [1.165, 1.54) is 5.56 Å². The van der Waals surface area contributed by atoms with Crippen molar-refractivity contribution < 1.29 is 9.59 Å². The predicted octanol–water partition coefficient (Wildman–Crippen LogP) is 2.98. The fraction of sp³-hybridized carbons (Fsp3) is 0.579. The monoisotopic (exact) mass is 299 g/mol. The molecular formula is C19H25NO2. The first-order valence-electron chi connectivity index (χ1n) is 8.25. The number of nitrogens with zero attached hydrogens (tertiary/aromatic N) is 1. The number of carbonyl (C=O) groups excluding carboxylic acids is 2. The van der Waals surface area contributed by atoms with Gasteiger partial charge in [0.2, 0.25) is 0 Å². The Balaban J connectivity index is 1.89. The Morgan fingerprint density at radius 1 is 0.909 bits per heavy atom. The van der Waals surface area contributed by atoms with E-state index < -0.39 is 5.41 Å². The molecule has 3 heteroatoms. The molecule has 0 N–H and O–H groups in total. The summed E-state index contributed by atoms with van der Waals surface area (Å²) in [5, 5.41) is 0. The Morgan fingerprint density at radius 3 is 1.95 bits per heavy atom. The third-order valence-corrected chi connectivity index (χ3v) is 5.71. The molecule has 0 aliphatic heterocycles. The van der Waals surface area contributed by atoms with Gasteiger partial charge in [-0.15, -0.1) is 0 Å². The number of rotatable bonds is 3. The van der Waals surface area contributed by atoms with Crippen molar-refractivity contribution in [3.05, 3.63) is 35.9 Å². The number of hydrogen-bond donors (Lipinski definition) is 0. The molecule has 2 fully saturated rings. The van der Waals surface area contributed by atoms with Gasteiger partial charge in [0.25, 0.3) is 0 Å². The normalized spacial score (nSPS) is 23.4. The smallest absolute Gasteiger partial charge is 0.146 e. The molecule has 1 aromatic carbocycles. The second kappa shape index (κ2) is 5.62. The van der Waals surface area contributed by atoms with E-state index in [9.17, 15) is 9.59 Å². The topological polar surface area (TPSA) is 37.4 Å². The fourth-order valence-electron chi connectivity index (χ4n) is 4.51. The molecule has 2 saturated carbocycles. The highest BCUT2D eigenvalue weighted by molar-refractivity contribution is 6.12. The van der Waals surface area contributed by atoms with Gasteiger partial charge in [0.05, 0.1) is 5.41 Å².